The summed E-state index contributed by atoms with van der Waals surface area (Å²) in [7, 11) is 0. The van der Waals surface area contributed by atoms with Gasteiger partial charge in [0.15, 0.2) is 0 Å². The zero-order chi connectivity index (χ0) is 13.8. The van der Waals surface area contributed by atoms with Crippen LogP contribution in [0.1, 0.15) is 37.0 Å². The van der Waals surface area contributed by atoms with Gasteiger partial charge < -0.3 is 15.5 Å². The second-order valence-corrected chi connectivity index (χ2v) is 4.66. The van der Waals surface area contributed by atoms with E-state index in [4.69, 9.17) is 5.11 Å². The molecule has 0 aliphatic carbocycles. The van der Waals surface area contributed by atoms with E-state index in [1.807, 2.05) is 0 Å². The Labute approximate surface area is 105 Å². The number of carboxylic acid groups (broad SMARTS) is 1. The summed E-state index contributed by atoms with van der Waals surface area (Å²) in [5.41, 5.74) is -0.403. The monoisotopic (exact) mass is 252 g/mol. The highest BCUT2D eigenvalue weighted by molar-refractivity contribution is 5.94. The summed E-state index contributed by atoms with van der Waals surface area (Å²) in [5.74, 6) is -1.39. The molecule has 6 heteroatoms. The molecule has 0 aromatic carbocycles. The molecule has 0 saturated carbocycles. The lowest BCUT2D eigenvalue weighted by Crippen LogP contribution is -2.43. The molecule has 0 fully saturated rings. The molecule has 6 nitrogen and oxygen atoms in total. The fourth-order valence-electron chi connectivity index (χ4n) is 1.41. The van der Waals surface area contributed by atoms with Gasteiger partial charge in [-0.1, -0.05) is 0 Å². The number of nitrogens with zero attached hydrogens (tertiary/aromatic N) is 1. The zero-order valence-corrected chi connectivity index (χ0v) is 10.3. The van der Waals surface area contributed by atoms with Crippen LogP contribution in [0.3, 0.4) is 0 Å². The lowest BCUT2D eigenvalue weighted by molar-refractivity contribution is -0.137. The summed E-state index contributed by atoms with van der Waals surface area (Å²) in [6, 6.07) is 1.30. The van der Waals surface area contributed by atoms with E-state index in [9.17, 15) is 14.7 Å². The number of aliphatic carboxylic acids is 1. The third-order valence-corrected chi connectivity index (χ3v) is 2.40. The van der Waals surface area contributed by atoms with Crippen molar-refractivity contribution in [3.8, 4) is 5.75 Å². The van der Waals surface area contributed by atoms with Gasteiger partial charge in [0.05, 0.1) is 11.8 Å². The number of aromatic hydroxyl groups is 1. The minimum Gasteiger partial charge on any atom is -0.506 e. The van der Waals surface area contributed by atoms with Crippen LogP contribution >= 0.6 is 0 Å². The molecule has 0 radical (unpaired) electrons. The van der Waals surface area contributed by atoms with E-state index in [0.29, 0.717) is 6.42 Å². The van der Waals surface area contributed by atoms with Crippen molar-refractivity contribution in [1.29, 1.82) is 0 Å². The average molecular weight is 252 g/mol. The van der Waals surface area contributed by atoms with E-state index < -0.39 is 17.4 Å². The van der Waals surface area contributed by atoms with Crippen LogP contribution in [0.5, 0.6) is 5.75 Å². The first kappa shape index (κ1) is 14.0. The fraction of sp³-hybridized carbons (Fsp3) is 0.417. The quantitative estimate of drug-likeness (QED) is 0.730. The number of rotatable bonds is 5. The van der Waals surface area contributed by atoms with Gasteiger partial charge in [0.25, 0.3) is 5.91 Å². The molecule has 1 aromatic heterocycles. The van der Waals surface area contributed by atoms with E-state index in [1.54, 1.807) is 13.8 Å². The molecule has 0 aliphatic heterocycles. The molecule has 1 aromatic rings. The van der Waals surface area contributed by atoms with Crippen LogP contribution in [-0.2, 0) is 4.79 Å². The van der Waals surface area contributed by atoms with Crippen molar-refractivity contribution in [3.05, 3.63) is 24.0 Å². The smallest absolute Gasteiger partial charge is 0.303 e. The highest BCUT2D eigenvalue weighted by atomic mass is 16.4. The molecular formula is C12H16N2O4. The molecule has 0 spiro atoms. The molecular weight excluding hydrogens is 236 g/mol. The highest BCUT2D eigenvalue weighted by Gasteiger charge is 2.22. The molecule has 1 amide bonds. The molecule has 0 atom stereocenters. The standard InChI is InChI=1S/C12H16N2O4/c1-12(2,4-3-10(16)17)14-11(18)8-5-9(15)7-13-6-8/h5-7,15H,3-4H2,1-2H3,(H,14,18)(H,16,17). The Kier molecular flexibility index (Phi) is 4.25. The van der Waals surface area contributed by atoms with Gasteiger partial charge in [0.1, 0.15) is 5.75 Å². The van der Waals surface area contributed by atoms with Gasteiger partial charge in [-0.05, 0) is 26.3 Å². The summed E-state index contributed by atoms with van der Waals surface area (Å²) in [6.07, 6.45) is 2.86. The topological polar surface area (TPSA) is 99.5 Å². The molecule has 98 valence electrons. The molecule has 0 saturated heterocycles. The lowest BCUT2D eigenvalue weighted by Gasteiger charge is -2.25. The Morgan fingerprint density at radius 1 is 1.39 bits per heavy atom. The van der Waals surface area contributed by atoms with Crippen molar-refractivity contribution in [2.24, 2.45) is 0 Å². The van der Waals surface area contributed by atoms with Gasteiger partial charge in [-0.2, -0.15) is 0 Å². The molecule has 1 rings (SSSR count). The Hall–Kier alpha value is -2.11. The van der Waals surface area contributed by atoms with Gasteiger partial charge in [0.2, 0.25) is 0 Å². The maximum atomic E-state index is 11.8. The molecule has 18 heavy (non-hydrogen) atoms. The number of hydrogen-bond acceptors (Lipinski definition) is 4. The van der Waals surface area contributed by atoms with Gasteiger partial charge >= 0.3 is 5.97 Å². The first-order valence-electron chi connectivity index (χ1n) is 5.48. The number of hydrogen-bond donors (Lipinski definition) is 3. The normalized spacial score (nSPS) is 11.0. The summed E-state index contributed by atoms with van der Waals surface area (Å²) >= 11 is 0. The van der Waals surface area contributed by atoms with Crippen molar-refractivity contribution in [2.45, 2.75) is 32.2 Å². The van der Waals surface area contributed by atoms with Crippen molar-refractivity contribution in [2.75, 3.05) is 0 Å². The first-order valence-corrected chi connectivity index (χ1v) is 5.48. The second kappa shape index (κ2) is 5.48. The number of pyridine rings is 1. The predicted molar refractivity (Wildman–Crippen MR) is 64.3 cm³/mol. The molecule has 0 unspecified atom stereocenters. The Bertz CT molecular complexity index is 457. The average Bonchev–Trinajstić information content (AvgIpc) is 2.26. The van der Waals surface area contributed by atoms with Crippen molar-refractivity contribution >= 4 is 11.9 Å². The third-order valence-electron chi connectivity index (χ3n) is 2.40. The fourth-order valence-corrected chi connectivity index (χ4v) is 1.41. The Balaban J connectivity index is 2.66. The largest absolute Gasteiger partial charge is 0.506 e. The van der Waals surface area contributed by atoms with Crippen LogP contribution in [0.25, 0.3) is 0 Å². The Morgan fingerprint density at radius 2 is 2.06 bits per heavy atom. The van der Waals surface area contributed by atoms with Crippen LogP contribution < -0.4 is 5.32 Å². The van der Waals surface area contributed by atoms with Crippen LogP contribution in [0.2, 0.25) is 0 Å². The van der Waals surface area contributed by atoms with E-state index >= 15 is 0 Å². The van der Waals surface area contributed by atoms with Crippen molar-refractivity contribution < 1.29 is 19.8 Å². The minimum absolute atomic E-state index is 0.0223. The number of carbonyl (C=O) groups excluding carboxylic acids is 1. The van der Waals surface area contributed by atoms with E-state index in [-0.39, 0.29) is 17.7 Å². The third kappa shape index (κ3) is 4.40. The number of aromatic nitrogens is 1. The minimum atomic E-state index is -0.906. The summed E-state index contributed by atoms with van der Waals surface area (Å²) in [5, 5.41) is 20.5. The van der Waals surface area contributed by atoms with Crippen molar-refractivity contribution in [3.63, 3.8) is 0 Å². The zero-order valence-electron chi connectivity index (χ0n) is 10.3. The number of amides is 1. The SMILES string of the molecule is CC(C)(CCC(=O)O)NC(=O)c1cncc(O)c1. The first-order chi connectivity index (χ1) is 8.30. The van der Waals surface area contributed by atoms with Crippen LogP contribution in [0, 0.1) is 0 Å². The van der Waals surface area contributed by atoms with Gasteiger partial charge in [-0.15, -0.1) is 0 Å². The molecule has 0 aliphatic rings. The van der Waals surface area contributed by atoms with E-state index in [2.05, 4.69) is 10.3 Å². The van der Waals surface area contributed by atoms with Crippen LogP contribution in [-0.4, -0.2) is 32.6 Å². The maximum Gasteiger partial charge on any atom is 0.303 e. The number of nitrogens with one attached hydrogen (secondary N) is 1. The van der Waals surface area contributed by atoms with Crippen LogP contribution in [0.4, 0.5) is 0 Å². The summed E-state index contributed by atoms with van der Waals surface area (Å²) in [6.45, 7) is 3.48. The summed E-state index contributed by atoms with van der Waals surface area (Å²) < 4.78 is 0. The van der Waals surface area contributed by atoms with Gasteiger partial charge in [-0.25, -0.2) is 0 Å². The molecule has 3 N–H and O–H groups in total. The van der Waals surface area contributed by atoms with Gasteiger partial charge in [0, 0.05) is 18.2 Å². The van der Waals surface area contributed by atoms with E-state index in [1.165, 1.54) is 18.5 Å². The van der Waals surface area contributed by atoms with Crippen molar-refractivity contribution in [1.82, 2.24) is 10.3 Å². The predicted octanol–water partition coefficient (Wildman–Crippen LogP) is 1.16. The second-order valence-electron chi connectivity index (χ2n) is 4.66. The Morgan fingerprint density at radius 3 is 2.61 bits per heavy atom. The lowest BCUT2D eigenvalue weighted by atomic mass is 9.98. The van der Waals surface area contributed by atoms with Gasteiger partial charge in [-0.3, -0.25) is 14.6 Å². The summed E-state index contributed by atoms with van der Waals surface area (Å²) in [4.78, 5) is 26.0. The molecule has 1 heterocycles. The number of carbonyl (C=O) groups is 2. The number of carboxylic acids is 1. The van der Waals surface area contributed by atoms with E-state index in [0.717, 1.165) is 0 Å². The maximum absolute atomic E-state index is 11.8. The molecule has 0 bridgehead atoms. The highest BCUT2D eigenvalue weighted by Crippen LogP contribution is 2.14. The van der Waals surface area contributed by atoms with Crippen LogP contribution in [0.15, 0.2) is 18.5 Å².